The Morgan fingerprint density at radius 1 is 0.895 bits per heavy atom. The van der Waals surface area contributed by atoms with Gasteiger partial charge < -0.3 is 15.0 Å². The lowest BCUT2D eigenvalue weighted by atomic mass is 10.0. The molecule has 0 atom stereocenters. The van der Waals surface area contributed by atoms with Crippen molar-refractivity contribution in [3.8, 4) is 0 Å². The second kappa shape index (κ2) is 14.8. The highest BCUT2D eigenvalue weighted by molar-refractivity contribution is 7.94. The minimum Gasteiger partial charge on any atom is -0.467 e. The van der Waals surface area contributed by atoms with Gasteiger partial charge in [-0.05, 0) is 47.0 Å². The van der Waals surface area contributed by atoms with E-state index in [2.05, 4.69) is 16.1 Å². The molecule has 3 aromatic carbocycles. The third-order valence-corrected chi connectivity index (χ3v) is 6.36. The number of nitrogens with one attached hydrogen (secondary N) is 1. The summed E-state index contributed by atoms with van der Waals surface area (Å²) in [7, 11) is 1.29. The Labute approximate surface area is 228 Å². The SMILES string of the molecule is CC.COC(=O)COSc1ccc(C(=O)NCCC(=O)N2Cc3ccccc3/C=C\c3ccccc32)cc1. The molecule has 2 amide bonds. The maximum Gasteiger partial charge on any atom is 0.333 e. The van der Waals surface area contributed by atoms with Gasteiger partial charge in [-0.25, -0.2) is 4.79 Å². The number of methoxy groups -OCH3 is 1. The molecular formula is C30H32N2O5S. The third-order valence-electron chi connectivity index (χ3n) is 5.66. The van der Waals surface area contributed by atoms with Gasteiger partial charge in [0.15, 0.2) is 6.61 Å². The summed E-state index contributed by atoms with van der Waals surface area (Å²) in [6.07, 6.45) is 4.27. The van der Waals surface area contributed by atoms with Crippen LogP contribution in [0.5, 0.6) is 0 Å². The fourth-order valence-corrected chi connectivity index (χ4v) is 4.30. The molecular weight excluding hydrogens is 500 g/mol. The molecule has 1 aliphatic rings. The molecule has 0 unspecified atom stereocenters. The van der Waals surface area contributed by atoms with Crippen LogP contribution in [-0.4, -0.2) is 38.0 Å². The van der Waals surface area contributed by atoms with Crippen LogP contribution in [0.4, 0.5) is 5.69 Å². The van der Waals surface area contributed by atoms with Gasteiger partial charge in [0.05, 0.1) is 19.3 Å². The summed E-state index contributed by atoms with van der Waals surface area (Å²) in [6, 6.07) is 22.6. The van der Waals surface area contributed by atoms with E-state index >= 15 is 0 Å². The van der Waals surface area contributed by atoms with Crippen molar-refractivity contribution in [2.75, 3.05) is 25.2 Å². The highest BCUT2D eigenvalue weighted by Crippen LogP contribution is 2.29. The van der Waals surface area contributed by atoms with Crippen LogP contribution in [0.2, 0.25) is 0 Å². The number of amides is 2. The molecule has 0 saturated heterocycles. The van der Waals surface area contributed by atoms with Gasteiger partial charge in [0, 0.05) is 35.5 Å². The second-order valence-corrected chi connectivity index (χ2v) is 8.90. The van der Waals surface area contributed by atoms with Gasteiger partial charge in [0.1, 0.15) is 0 Å². The lowest BCUT2D eigenvalue weighted by Gasteiger charge is -2.27. The molecule has 1 heterocycles. The molecule has 4 rings (SSSR count). The number of rotatable bonds is 8. The van der Waals surface area contributed by atoms with Crippen molar-refractivity contribution in [3.05, 3.63) is 95.1 Å². The van der Waals surface area contributed by atoms with Crippen molar-refractivity contribution < 1.29 is 23.3 Å². The maximum absolute atomic E-state index is 13.3. The number of esters is 1. The lowest BCUT2D eigenvalue weighted by molar-refractivity contribution is -0.142. The second-order valence-electron chi connectivity index (χ2n) is 8.02. The van der Waals surface area contributed by atoms with Crippen LogP contribution < -0.4 is 10.2 Å². The van der Waals surface area contributed by atoms with Gasteiger partial charge in [-0.2, -0.15) is 0 Å². The number of benzene rings is 3. The Morgan fingerprint density at radius 2 is 1.55 bits per heavy atom. The van der Waals surface area contributed by atoms with E-state index in [1.54, 1.807) is 29.2 Å². The summed E-state index contributed by atoms with van der Waals surface area (Å²) in [6.45, 7) is 4.51. The van der Waals surface area contributed by atoms with Crippen molar-refractivity contribution in [3.63, 3.8) is 0 Å². The number of ether oxygens (including phenoxy) is 1. The molecule has 3 aromatic rings. The van der Waals surface area contributed by atoms with Crippen LogP contribution in [0.25, 0.3) is 12.2 Å². The first kappa shape index (κ1) is 28.7. The molecule has 0 bridgehead atoms. The minimum atomic E-state index is -0.465. The summed E-state index contributed by atoms with van der Waals surface area (Å²) in [5.74, 6) is -0.800. The topological polar surface area (TPSA) is 84.9 Å². The van der Waals surface area contributed by atoms with Crippen LogP contribution in [0.15, 0.2) is 77.7 Å². The summed E-state index contributed by atoms with van der Waals surface area (Å²) >= 11 is 1.03. The number of carbonyl (C=O) groups is 3. The van der Waals surface area contributed by atoms with Crippen LogP contribution >= 0.6 is 12.0 Å². The van der Waals surface area contributed by atoms with E-state index in [1.165, 1.54) is 7.11 Å². The number of hydrogen-bond donors (Lipinski definition) is 1. The van der Waals surface area contributed by atoms with Gasteiger partial charge in [-0.1, -0.05) is 68.5 Å². The Morgan fingerprint density at radius 3 is 2.29 bits per heavy atom. The van der Waals surface area contributed by atoms with Gasteiger partial charge >= 0.3 is 5.97 Å². The smallest absolute Gasteiger partial charge is 0.333 e. The molecule has 198 valence electrons. The number of nitrogens with zero attached hydrogens (tertiary/aromatic N) is 1. The van der Waals surface area contributed by atoms with Gasteiger partial charge in [-0.3, -0.25) is 13.8 Å². The van der Waals surface area contributed by atoms with Crippen LogP contribution in [-0.2, 0) is 25.1 Å². The van der Waals surface area contributed by atoms with Crippen molar-refractivity contribution in [1.29, 1.82) is 0 Å². The van der Waals surface area contributed by atoms with Crippen molar-refractivity contribution in [2.24, 2.45) is 0 Å². The molecule has 7 nitrogen and oxygen atoms in total. The first-order valence-electron chi connectivity index (χ1n) is 12.4. The fourth-order valence-electron chi connectivity index (χ4n) is 3.76. The first-order valence-corrected chi connectivity index (χ1v) is 13.2. The number of carbonyl (C=O) groups excluding carboxylic acids is 3. The van der Waals surface area contributed by atoms with E-state index in [1.807, 2.05) is 68.5 Å². The largest absolute Gasteiger partial charge is 0.467 e. The molecule has 1 N–H and O–H groups in total. The fraction of sp³-hybridized carbons (Fsp3) is 0.233. The highest BCUT2D eigenvalue weighted by Gasteiger charge is 2.21. The predicted octanol–water partition coefficient (Wildman–Crippen LogP) is 5.75. The van der Waals surface area contributed by atoms with Gasteiger partial charge in [-0.15, -0.1) is 0 Å². The molecule has 0 saturated carbocycles. The molecule has 8 heteroatoms. The number of fused-ring (bicyclic) bond motifs is 2. The quantitative estimate of drug-likeness (QED) is 0.294. The molecule has 0 fully saturated rings. The third kappa shape index (κ3) is 7.81. The van der Waals surface area contributed by atoms with Gasteiger partial charge in [0.25, 0.3) is 5.91 Å². The molecule has 38 heavy (non-hydrogen) atoms. The van der Waals surface area contributed by atoms with E-state index in [-0.39, 0.29) is 31.4 Å². The molecule has 1 aliphatic heterocycles. The van der Waals surface area contributed by atoms with E-state index in [0.29, 0.717) is 12.1 Å². The standard InChI is InChI=1S/C28H26N2O5S.C2H6/c1-34-27(32)19-35-36-24-14-12-22(13-15-24)28(33)29-17-16-26(31)30-18-23-8-3-2-6-20(23)10-11-21-7-4-5-9-25(21)30;1-2/h2-15H,16-19H2,1H3,(H,29,33);1-2H3/b11-10-;. The monoisotopic (exact) mass is 532 g/mol. The summed E-state index contributed by atoms with van der Waals surface area (Å²) in [5.41, 5.74) is 4.43. The average molecular weight is 533 g/mol. The zero-order valence-electron chi connectivity index (χ0n) is 21.8. The summed E-state index contributed by atoms with van der Waals surface area (Å²) in [4.78, 5) is 39.5. The maximum atomic E-state index is 13.3. The number of hydrogen-bond acceptors (Lipinski definition) is 6. The molecule has 0 aliphatic carbocycles. The molecule has 0 aromatic heterocycles. The summed E-state index contributed by atoms with van der Waals surface area (Å²) < 4.78 is 9.70. The van der Waals surface area contributed by atoms with Crippen molar-refractivity contribution >= 4 is 47.7 Å². The number of anilines is 1. The summed E-state index contributed by atoms with van der Waals surface area (Å²) in [5, 5.41) is 2.83. The Bertz CT molecular complexity index is 1270. The normalized spacial score (nSPS) is 12.4. The Hall–Kier alpha value is -3.88. The number of para-hydroxylation sites is 1. The van der Waals surface area contributed by atoms with Gasteiger partial charge in [0.2, 0.25) is 5.91 Å². The average Bonchev–Trinajstić information content (AvgIpc) is 2.95. The van der Waals surface area contributed by atoms with E-state index in [9.17, 15) is 14.4 Å². The molecule has 0 radical (unpaired) electrons. The van der Waals surface area contributed by atoms with E-state index < -0.39 is 5.97 Å². The van der Waals surface area contributed by atoms with Crippen molar-refractivity contribution in [2.45, 2.75) is 31.7 Å². The zero-order valence-corrected chi connectivity index (χ0v) is 22.6. The van der Waals surface area contributed by atoms with Crippen LogP contribution in [0.1, 0.15) is 47.3 Å². The van der Waals surface area contributed by atoms with Crippen molar-refractivity contribution in [1.82, 2.24) is 5.32 Å². The van der Waals surface area contributed by atoms with E-state index in [0.717, 1.165) is 39.3 Å². The van der Waals surface area contributed by atoms with Crippen LogP contribution in [0, 0.1) is 0 Å². The minimum absolute atomic E-state index is 0.0673. The molecule has 0 spiro atoms. The zero-order chi connectivity index (χ0) is 27.3. The predicted molar refractivity (Wildman–Crippen MR) is 152 cm³/mol. The Kier molecular flexibility index (Phi) is 11.1. The lowest BCUT2D eigenvalue weighted by Crippen LogP contribution is -2.35. The Balaban J connectivity index is 0.00000195. The van der Waals surface area contributed by atoms with Crippen LogP contribution in [0.3, 0.4) is 0 Å². The highest BCUT2D eigenvalue weighted by atomic mass is 32.2. The van der Waals surface area contributed by atoms with E-state index in [4.69, 9.17) is 4.18 Å². The first-order chi connectivity index (χ1) is 18.5.